The topological polar surface area (TPSA) is 18.5 Å². The van der Waals surface area contributed by atoms with Gasteiger partial charge >= 0.3 is 0 Å². The zero-order valence-corrected chi connectivity index (χ0v) is 17.3. The van der Waals surface area contributed by atoms with E-state index >= 15 is 0 Å². The van der Waals surface area contributed by atoms with Gasteiger partial charge in [0.15, 0.2) is 0 Å². The Bertz CT molecular complexity index is 719. The van der Waals surface area contributed by atoms with E-state index in [0.717, 1.165) is 25.7 Å². The van der Waals surface area contributed by atoms with Crippen LogP contribution in [0.3, 0.4) is 0 Å². The number of rotatable bonds is 2. The predicted octanol–water partition coefficient (Wildman–Crippen LogP) is 3.96. The Kier molecular flexibility index (Phi) is 4.76. The molecule has 5 aliphatic rings. The Morgan fingerprint density at radius 1 is 0.680 bits per heavy atom. The molecule has 0 aromatic heterocycles. The fourth-order valence-corrected chi connectivity index (χ4v) is 11.5. The van der Waals surface area contributed by atoms with Crippen molar-refractivity contribution in [1.29, 1.82) is 0 Å². The molecule has 0 radical (unpaired) electrons. The summed E-state index contributed by atoms with van der Waals surface area (Å²) in [7, 11) is 2.65. The molecule has 2 atom stereocenters. The minimum atomic E-state index is -0.494. The van der Waals surface area contributed by atoms with Crippen molar-refractivity contribution in [3.05, 3.63) is 58.7 Å². The molecule has 7 rings (SSSR count). The first-order chi connectivity index (χ1) is 12.1. The maximum atomic E-state index is 6.04. The Morgan fingerprint density at radius 2 is 1.08 bits per heavy atom. The van der Waals surface area contributed by atoms with E-state index in [9.17, 15) is 0 Å². The summed E-state index contributed by atoms with van der Waals surface area (Å²) in [5.74, 6) is 0. The molecule has 132 valence electrons. The highest BCUT2D eigenvalue weighted by Crippen LogP contribution is 2.69. The van der Waals surface area contributed by atoms with Crippen molar-refractivity contribution in [2.24, 2.45) is 0 Å². The Labute approximate surface area is 153 Å². The summed E-state index contributed by atoms with van der Waals surface area (Å²) in [6.07, 6.45) is 4.40. The van der Waals surface area contributed by atoms with Crippen LogP contribution in [0.5, 0.6) is 0 Å². The van der Waals surface area contributed by atoms with E-state index in [2.05, 4.69) is 49.7 Å². The summed E-state index contributed by atoms with van der Waals surface area (Å²) in [5.41, 5.74) is 5.87. The lowest BCUT2D eigenvalue weighted by molar-refractivity contribution is -0.0709. The van der Waals surface area contributed by atoms with Gasteiger partial charge < -0.3 is 9.47 Å². The molecule has 1 aliphatic heterocycles. The number of ether oxygens (including phenoxy) is 2. The van der Waals surface area contributed by atoms with E-state index < -0.39 is 21.1 Å². The van der Waals surface area contributed by atoms with Gasteiger partial charge in [0, 0.05) is 14.2 Å². The lowest BCUT2D eigenvalue weighted by atomic mass is 9.96. The quantitative estimate of drug-likeness (QED) is 0.587. The molecule has 4 heteroatoms. The maximum Gasteiger partial charge on any atom is 0.212 e. The average molecular weight is 372 g/mol. The van der Waals surface area contributed by atoms with Gasteiger partial charge in [-0.25, -0.2) is 0 Å². The first kappa shape index (κ1) is 17.6. The molecule has 0 spiro atoms. The summed E-state index contributed by atoms with van der Waals surface area (Å²) in [4.78, 5) is 0. The van der Waals surface area contributed by atoms with Crippen molar-refractivity contribution in [3.63, 3.8) is 0 Å². The van der Waals surface area contributed by atoms with Gasteiger partial charge in [0.2, 0.25) is 5.27 Å². The number of hydrogen-bond acceptors (Lipinski definition) is 2. The normalized spacial score (nSPS) is 24.0. The Hall–Kier alpha value is -0.780. The van der Waals surface area contributed by atoms with Crippen LogP contribution in [0.4, 0.5) is 0 Å². The van der Waals surface area contributed by atoms with E-state index in [0.29, 0.717) is 0 Å². The molecule has 2 unspecified atom stereocenters. The van der Waals surface area contributed by atoms with Crippen molar-refractivity contribution in [1.82, 2.24) is 0 Å². The Balaban J connectivity index is 1.87. The van der Waals surface area contributed by atoms with Crippen LogP contribution in [-0.2, 0) is 35.2 Å². The second kappa shape index (κ2) is 6.75. The van der Waals surface area contributed by atoms with E-state index in [4.69, 9.17) is 9.47 Å². The highest BCUT2D eigenvalue weighted by atomic mass is 31.2. The Morgan fingerprint density at radius 3 is 1.44 bits per heavy atom. The molecular formula is C21H26O2P2. The van der Waals surface area contributed by atoms with Crippen LogP contribution < -0.4 is 10.6 Å². The molecule has 0 amide bonds. The van der Waals surface area contributed by atoms with Crippen LogP contribution in [-0.4, -0.2) is 32.8 Å². The number of methoxy groups -OCH3 is 2. The summed E-state index contributed by atoms with van der Waals surface area (Å²) in [6.45, 7) is 4.69. The lowest BCUT2D eigenvalue weighted by Gasteiger charge is -2.35. The molecule has 0 saturated carbocycles. The zero-order valence-electron chi connectivity index (χ0n) is 15.5. The lowest BCUT2D eigenvalue weighted by Crippen LogP contribution is -2.28. The van der Waals surface area contributed by atoms with E-state index in [-0.39, 0.29) is 0 Å². The summed E-state index contributed by atoms with van der Waals surface area (Å²) >= 11 is 0. The van der Waals surface area contributed by atoms with Gasteiger partial charge in [0.1, 0.15) is 0 Å². The van der Waals surface area contributed by atoms with E-state index in [1.165, 1.54) is 22.3 Å². The minimum Gasteiger partial charge on any atom is -0.346 e. The van der Waals surface area contributed by atoms with Gasteiger partial charge in [-0.05, 0) is 87.7 Å². The predicted molar refractivity (Wildman–Crippen MR) is 109 cm³/mol. The first-order valence-corrected chi connectivity index (χ1v) is 12.5. The number of aryl methyl sites for hydroxylation is 4. The molecule has 1 heterocycles. The summed E-state index contributed by atoms with van der Waals surface area (Å²) in [5, 5.41) is 2.72. The van der Waals surface area contributed by atoms with Gasteiger partial charge in [-0.15, -0.1) is 0 Å². The monoisotopic (exact) mass is 372 g/mol. The molecule has 2 aromatic carbocycles. The van der Waals surface area contributed by atoms with Crippen molar-refractivity contribution in [3.8, 4) is 0 Å². The van der Waals surface area contributed by atoms with Crippen LogP contribution in [0.25, 0.3) is 0 Å². The highest BCUT2D eigenvalue weighted by molar-refractivity contribution is 7.88. The molecular weight excluding hydrogens is 346 g/mol. The SMILES string of the molecule is COC1(OC)P(C)c2c3ccc(c2P1C)CCc1ccc(cc1)CC3. The van der Waals surface area contributed by atoms with E-state index in [1.54, 1.807) is 10.6 Å². The second-order valence-corrected chi connectivity index (χ2v) is 11.6. The standard InChI is InChI=1S/C21H26O2P2/c1-22-21(23-2)24(3)19-17-11-9-15-5-7-16(8-6-15)10-12-18(14-13-17)20(19)25(21)4/h5-8,13-14H,9-12H2,1-4H3. The summed E-state index contributed by atoms with van der Waals surface area (Å²) in [6, 6.07) is 14.0. The molecule has 4 bridgehead atoms. The number of benzene rings is 2. The van der Waals surface area contributed by atoms with Crippen molar-refractivity contribution < 1.29 is 9.47 Å². The van der Waals surface area contributed by atoms with Crippen LogP contribution >= 0.6 is 15.8 Å². The smallest absolute Gasteiger partial charge is 0.212 e. The van der Waals surface area contributed by atoms with Gasteiger partial charge in [-0.3, -0.25) is 0 Å². The summed E-state index contributed by atoms with van der Waals surface area (Å²) < 4.78 is 12.1. The molecule has 2 aromatic rings. The first-order valence-electron chi connectivity index (χ1n) is 8.91. The molecule has 0 saturated heterocycles. The molecule has 0 fully saturated rings. The van der Waals surface area contributed by atoms with Crippen LogP contribution in [0.2, 0.25) is 0 Å². The van der Waals surface area contributed by atoms with Crippen LogP contribution in [0, 0.1) is 0 Å². The molecule has 0 N–H and O–H groups in total. The molecule has 25 heavy (non-hydrogen) atoms. The van der Waals surface area contributed by atoms with Crippen molar-refractivity contribution >= 4 is 26.5 Å². The zero-order chi connectivity index (χ0) is 17.6. The third-order valence-corrected chi connectivity index (χ3v) is 12.5. The van der Waals surface area contributed by atoms with Crippen molar-refractivity contribution in [2.75, 3.05) is 27.5 Å². The third kappa shape index (κ3) is 2.70. The molecule has 4 aliphatic carbocycles. The van der Waals surface area contributed by atoms with Crippen LogP contribution in [0.15, 0.2) is 36.4 Å². The van der Waals surface area contributed by atoms with Gasteiger partial charge in [-0.2, -0.15) is 0 Å². The van der Waals surface area contributed by atoms with Gasteiger partial charge in [0.05, 0.1) is 0 Å². The van der Waals surface area contributed by atoms with Gasteiger partial charge in [0.25, 0.3) is 0 Å². The second-order valence-electron chi connectivity index (χ2n) is 6.97. The van der Waals surface area contributed by atoms with Crippen molar-refractivity contribution in [2.45, 2.75) is 31.0 Å². The van der Waals surface area contributed by atoms with Gasteiger partial charge in [-0.1, -0.05) is 36.4 Å². The van der Waals surface area contributed by atoms with E-state index in [1.807, 2.05) is 14.2 Å². The maximum absolute atomic E-state index is 6.04. The number of hydrogen-bond donors (Lipinski definition) is 0. The highest BCUT2D eigenvalue weighted by Gasteiger charge is 2.52. The fraction of sp³-hybridized carbons (Fsp3) is 0.429. The minimum absolute atomic E-state index is 0.423. The van der Waals surface area contributed by atoms with Crippen LogP contribution in [0.1, 0.15) is 22.3 Å². The average Bonchev–Trinajstić information content (AvgIpc) is 2.86. The largest absolute Gasteiger partial charge is 0.346 e. The third-order valence-electron chi connectivity index (χ3n) is 5.76. The molecule has 2 nitrogen and oxygen atoms in total. The fourth-order valence-electron chi connectivity index (χ4n) is 4.38.